The van der Waals surface area contributed by atoms with Gasteiger partial charge in [-0.05, 0) is 42.6 Å². The van der Waals surface area contributed by atoms with Crippen molar-refractivity contribution in [2.75, 3.05) is 5.32 Å². The Balaban J connectivity index is 2.34. The van der Waals surface area contributed by atoms with Crippen molar-refractivity contribution in [2.24, 2.45) is 0 Å². The van der Waals surface area contributed by atoms with Gasteiger partial charge in [0.15, 0.2) is 0 Å². The molecule has 1 aromatic rings. The number of rotatable bonds is 3. The number of hydrogen-bond acceptors (Lipinski definition) is 4. The zero-order chi connectivity index (χ0) is 11.9. The van der Waals surface area contributed by atoms with E-state index in [1.807, 2.05) is 0 Å². The van der Waals surface area contributed by atoms with E-state index in [1.165, 1.54) is 6.20 Å². The monoisotopic (exact) mass is 285 g/mol. The lowest BCUT2D eigenvalue weighted by molar-refractivity contribution is -0.385. The summed E-state index contributed by atoms with van der Waals surface area (Å²) in [5.74, 6) is 0.683. The number of nitrogens with one attached hydrogen (secondary N) is 1. The first kappa shape index (κ1) is 11.3. The first-order valence-corrected chi connectivity index (χ1v) is 5.80. The molecular weight excluding hydrogens is 274 g/mol. The summed E-state index contributed by atoms with van der Waals surface area (Å²) in [6.45, 7) is 3.82. The Hall–Kier alpha value is -1.17. The molecule has 0 amide bonds. The lowest BCUT2D eigenvalue weighted by Crippen LogP contribution is -2.17. The zero-order valence-electron chi connectivity index (χ0n) is 9.08. The average Bonchev–Trinajstić information content (AvgIpc) is 2.91. The minimum Gasteiger partial charge on any atom is -0.364 e. The summed E-state index contributed by atoms with van der Waals surface area (Å²) in [5.41, 5.74) is 0.753. The average molecular weight is 286 g/mol. The van der Waals surface area contributed by atoms with Crippen LogP contribution in [0.4, 0.5) is 11.5 Å². The van der Waals surface area contributed by atoms with E-state index < -0.39 is 4.92 Å². The van der Waals surface area contributed by atoms with Gasteiger partial charge in [-0.15, -0.1) is 0 Å². The second kappa shape index (κ2) is 3.69. The molecule has 1 aliphatic rings. The van der Waals surface area contributed by atoms with E-state index in [2.05, 4.69) is 33.2 Å². The van der Waals surface area contributed by atoms with E-state index in [4.69, 9.17) is 0 Å². The first-order valence-electron chi connectivity index (χ1n) is 5.01. The predicted octanol–water partition coefficient (Wildman–Crippen LogP) is 3.03. The van der Waals surface area contributed by atoms with E-state index in [0.29, 0.717) is 15.9 Å². The highest BCUT2D eigenvalue weighted by Gasteiger charge is 2.38. The molecule has 1 heterocycles. The summed E-state index contributed by atoms with van der Waals surface area (Å²) in [7, 11) is 0. The maximum absolute atomic E-state index is 10.7. The number of hydrogen-bond donors (Lipinski definition) is 1. The largest absolute Gasteiger partial charge is 0.364 e. The molecule has 0 unspecified atom stereocenters. The van der Waals surface area contributed by atoms with Crippen molar-refractivity contribution in [3.05, 3.63) is 26.3 Å². The van der Waals surface area contributed by atoms with E-state index >= 15 is 0 Å². The van der Waals surface area contributed by atoms with Gasteiger partial charge in [-0.25, -0.2) is 4.98 Å². The van der Waals surface area contributed by atoms with E-state index in [0.717, 1.165) is 12.8 Å². The van der Waals surface area contributed by atoms with Gasteiger partial charge >= 0.3 is 0 Å². The van der Waals surface area contributed by atoms with Crippen LogP contribution in [0.1, 0.15) is 25.3 Å². The molecule has 0 aliphatic heterocycles. The molecule has 1 saturated carbocycles. The molecule has 16 heavy (non-hydrogen) atoms. The van der Waals surface area contributed by atoms with Crippen LogP contribution in [0.25, 0.3) is 0 Å². The second-order valence-corrected chi connectivity index (χ2v) is 5.17. The quantitative estimate of drug-likeness (QED) is 0.685. The second-order valence-electron chi connectivity index (χ2n) is 4.37. The molecule has 5 nitrogen and oxygen atoms in total. The normalized spacial score (nSPS) is 16.9. The third-order valence-electron chi connectivity index (χ3n) is 2.85. The first-order chi connectivity index (χ1) is 7.43. The number of halogens is 1. The maximum atomic E-state index is 10.7. The highest BCUT2D eigenvalue weighted by atomic mass is 79.9. The van der Waals surface area contributed by atoms with Crippen molar-refractivity contribution in [3.63, 3.8) is 0 Å². The Kier molecular flexibility index (Phi) is 2.61. The van der Waals surface area contributed by atoms with Gasteiger partial charge in [0, 0.05) is 11.1 Å². The number of nitrogens with zero attached hydrogens (tertiary/aromatic N) is 2. The van der Waals surface area contributed by atoms with Gasteiger partial charge in [0.05, 0.1) is 9.40 Å². The summed E-state index contributed by atoms with van der Waals surface area (Å²) in [6, 6.07) is 0. The molecule has 1 N–H and O–H groups in total. The molecule has 2 rings (SSSR count). The number of aromatic nitrogens is 1. The molecule has 0 spiro atoms. The minimum atomic E-state index is -0.421. The van der Waals surface area contributed by atoms with Crippen molar-refractivity contribution in [1.82, 2.24) is 4.98 Å². The Bertz CT molecular complexity index is 458. The van der Waals surface area contributed by atoms with Crippen LogP contribution in [0, 0.1) is 17.0 Å². The fraction of sp³-hybridized carbons (Fsp3) is 0.500. The van der Waals surface area contributed by atoms with Crippen LogP contribution < -0.4 is 5.32 Å². The van der Waals surface area contributed by atoms with E-state index in [9.17, 15) is 10.1 Å². The van der Waals surface area contributed by atoms with Gasteiger partial charge in [0.25, 0.3) is 5.69 Å². The topological polar surface area (TPSA) is 68.1 Å². The van der Waals surface area contributed by atoms with Gasteiger partial charge in [0.1, 0.15) is 12.0 Å². The van der Waals surface area contributed by atoms with Crippen LogP contribution in [-0.2, 0) is 0 Å². The van der Waals surface area contributed by atoms with Crippen LogP contribution in [0.2, 0.25) is 0 Å². The Labute approximate surface area is 102 Å². The van der Waals surface area contributed by atoms with Crippen LogP contribution in [0.5, 0.6) is 0 Å². The molecule has 0 atom stereocenters. The zero-order valence-corrected chi connectivity index (χ0v) is 10.7. The van der Waals surface area contributed by atoms with Crippen LogP contribution >= 0.6 is 15.9 Å². The van der Waals surface area contributed by atoms with Crippen molar-refractivity contribution in [2.45, 2.75) is 32.2 Å². The smallest absolute Gasteiger partial charge is 0.291 e. The van der Waals surface area contributed by atoms with Crippen LogP contribution in [0.15, 0.2) is 10.7 Å². The van der Waals surface area contributed by atoms with Gasteiger partial charge in [-0.1, -0.05) is 0 Å². The fourth-order valence-electron chi connectivity index (χ4n) is 1.44. The molecule has 0 radical (unpaired) electrons. The predicted molar refractivity (Wildman–Crippen MR) is 64.6 cm³/mol. The summed E-state index contributed by atoms with van der Waals surface area (Å²) < 4.78 is 0.676. The van der Waals surface area contributed by atoms with Crippen molar-refractivity contribution < 1.29 is 4.92 Å². The lowest BCUT2D eigenvalue weighted by Gasteiger charge is -2.14. The molecule has 0 aromatic carbocycles. The minimum absolute atomic E-state index is 0.0402. The Morgan fingerprint density at radius 2 is 2.25 bits per heavy atom. The van der Waals surface area contributed by atoms with E-state index in [-0.39, 0.29) is 11.2 Å². The summed E-state index contributed by atoms with van der Waals surface area (Å²) in [5, 5.41) is 14.0. The molecule has 86 valence electrons. The Morgan fingerprint density at radius 3 is 2.75 bits per heavy atom. The van der Waals surface area contributed by atoms with Gasteiger partial charge < -0.3 is 5.32 Å². The standard InChI is InChI=1S/C10H12BrN3O2/c1-6-7(14(15)16)5-12-9(8(6)11)13-10(2)3-4-10/h5H,3-4H2,1-2H3,(H,12,13). The molecule has 0 saturated heterocycles. The van der Waals surface area contributed by atoms with Crippen LogP contribution in [0.3, 0.4) is 0 Å². The Morgan fingerprint density at radius 1 is 1.62 bits per heavy atom. The lowest BCUT2D eigenvalue weighted by atomic mass is 10.2. The number of anilines is 1. The van der Waals surface area contributed by atoms with E-state index in [1.54, 1.807) is 6.92 Å². The summed E-state index contributed by atoms with van der Waals surface area (Å²) >= 11 is 3.35. The van der Waals surface area contributed by atoms with Crippen molar-refractivity contribution >= 4 is 27.4 Å². The number of pyridine rings is 1. The van der Waals surface area contributed by atoms with Gasteiger partial charge in [0.2, 0.25) is 0 Å². The van der Waals surface area contributed by atoms with Crippen molar-refractivity contribution in [3.8, 4) is 0 Å². The van der Waals surface area contributed by atoms with Crippen molar-refractivity contribution in [1.29, 1.82) is 0 Å². The molecule has 1 aromatic heterocycles. The third-order valence-corrected chi connectivity index (χ3v) is 3.82. The molecular formula is C10H12BrN3O2. The highest BCUT2D eigenvalue weighted by Crippen LogP contribution is 2.40. The third kappa shape index (κ3) is 2.02. The summed E-state index contributed by atoms with van der Waals surface area (Å²) in [4.78, 5) is 14.4. The molecule has 6 heteroatoms. The molecule has 1 aliphatic carbocycles. The van der Waals surface area contributed by atoms with Gasteiger partial charge in [-0.3, -0.25) is 10.1 Å². The molecule has 0 bridgehead atoms. The maximum Gasteiger partial charge on any atom is 0.291 e. The highest BCUT2D eigenvalue weighted by molar-refractivity contribution is 9.10. The SMILES string of the molecule is Cc1c([N+](=O)[O-])cnc(NC2(C)CC2)c1Br. The summed E-state index contributed by atoms with van der Waals surface area (Å²) in [6.07, 6.45) is 3.52. The van der Waals surface area contributed by atoms with Crippen LogP contribution in [-0.4, -0.2) is 15.4 Å². The van der Waals surface area contributed by atoms with Gasteiger partial charge in [-0.2, -0.15) is 0 Å². The fourth-order valence-corrected chi connectivity index (χ4v) is 1.84. The number of nitro groups is 1. The molecule has 1 fully saturated rings.